The maximum Gasteiger partial charge on any atom is 0.254 e. The number of halogens is 1. The molecule has 19 heavy (non-hydrogen) atoms. The average Bonchev–Trinajstić information content (AvgIpc) is 2.70. The summed E-state index contributed by atoms with van der Waals surface area (Å²) in [5.74, 6) is 0.117. The second kappa shape index (κ2) is 6.20. The number of fused-ring (bicyclic) bond motifs is 1. The van der Waals surface area contributed by atoms with Gasteiger partial charge in [-0.1, -0.05) is 48.0 Å². The predicted octanol–water partition coefficient (Wildman–Crippen LogP) is 4.32. The monoisotopic (exact) mass is 319 g/mol. The first-order chi connectivity index (χ1) is 9.15. The van der Waals surface area contributed by atoms with Crippen LogP contribution < -0.4 is 0 Å². The first kappa shape index (κ1) is 14.1. The third kappa shape index (κ3) is 3.16. The van der Waals surface area contributed by atoms with E-state index >= 15 is 0 Å². The molecule has 0 saturated carbocycles. The van der Waals surface area contributed by atoms with Gasteiger partial charge in [-0.2, -0.15) is 0 Å². The number of allylic oxidation sites excluding steroid dienone is 1. The summed E-state index contributed by atoms with van der Waals surface area (Å²) in [7, 11) is 0. The molecule has 2 rings (SSSR count). The molecule has 0 unspecified atom stereocenters. The highest BCUT2D eigenvalue weighted by molar-refractivity contribution is 9.10. The third-order valence-electron chi connectivity index (χ3n) is 3.28. The molecule has 0 aromatic heterocycles. The van der Waals surface area contributed by atoms with E-state index in [1.54, 1.807) is 0 Å². The van der Waals surface area contributed by atoms with Gasteiger partial charge in [0.2, 0.25) is 0 Å². The number of carbonyl (C=O) groups excluding carboxylic acids is 1. The number of carbonyl (C=O) groups is 1. The molecule has 0 N–H and O–H groups in total. The van der Waals surface area contributed by atoms with Gasteiger partial charge in [-0.05, 0) is 35.8 Å². The molecule has 3 heteroatoms. The fraction of sp³-hybridized carbons (Fsp3) is 0.312. The van der Waals surface area contributed by atoms with Gasteiger partial charge < -0.3 is 4.90 Å². The number of benzene rings is 1. The average molecular weight is 320 g/mol. The zero-order chi connectivity index (χ0) is 13.8. The van der Waals surface area contributed by atoms with Gasteiger partial charge in [-0.15, -0.1) is 0 Å². The first-order valence-corrected chi connectivity index (χ1v) is 7.34. The van der Waals surface area contributed by atoms with Crippen LogP contribution in [0.25, 0.3) is 0 Å². The Bertz CT molecular complexity index is 534. The summed E-state index contributed by atoms with van der Waals surface area (Å²) in [6.07, 6.45) is 6.15. The SMILES string of the molecule is C=C/C(=C\CCC)CN1Cc2cc(Br)ccc2C1=O. The molecule has 1 heterocycles. The number of hydrogen-bond donors (Lipinski definition) is 0. The van der Waals surface area contributed by atoms with Crippen molar-refractivity contribution in [2.24, 2.45) is 0 Å². The molecule has 1 aliphatic rings. The quantitative estimate of drug-likeness (QED) is 0.740. The normalized spacial score (nSPS) is 14.7. The van der Waals surface area contributed by atoms with Crippen LogP contribution in [0.2, 0.25) is 0 Å². The van der Waals surface area contributed by atoms with Crippen LogP contribution >= 0.6 is 15.9 Å². The molecule has 0 aliphatic carbocycles. The Labute approximate surface area is 122 Å². The van der Waals surface area contributed by atoms with E-state index < -0.39 is 0 Å². The standard InChI is InChI=1S/C16H18BrNO/c1-3-5-6-12(4-2)10-18-11-13-9-14(17)7-8-15(13)16(18)19/h4,6-9H,2-3,5,10-11H2,1H3/b12-6+. The molecule has 100 valence electrons. The Kier molecular flexibility index (Phi) is 4.59. The minimum Gasteiger partial charge on any atom is -0.330 e. The van der Waals surface area contributed by atoms with Crippen molar-refractivity contribution in [3.05, 3.63) is 58.1 Å². The molecule has 0 bridgehead atoms. The van der Waals surface area contributed by atoms with Crippen LogP contribution in [0.4, 0.5) is 0 Å². The Hall–Kier alpha value is -1.35. The van der Waals surface area contributed by atoms with Gasteiger partial charge in [0, 0.05) is 23.1 Å². The molecule has 0 fully saturated rings. The molecule has 0 saturated heterocycles. The van der Waals surface area contributed by atoms with Crippen molar-refractivity contribution < 1.29 is 4.79 Å². The number of hydrogen-bond acceptors (Lipinski definition) is 1. The molecule has 0 atom stereocenters. The van der Waals surface area contributed by atoms with Gasteiger partial charge in [0.15, 0.2) is 0 Å². The van der Waals surface area contributed by atoms with Crippen molar-refractivity contribution in [1.82, 2.24) is 4.90 Å². The molecular weight excluding hydrogens is 302 g/mol. The third-order valence-corrected chi connectivity index (χ3v) is 3.77. The zero-order valence-electron chi connectivity index (χ0n) is 11.2. The van der Waals surface area contributed by atoms with Crippen molar-refractivity contribution in [1.29, 1.82) is 0 Å². The van der Waals surface area contributed by atoms with E-state index in [0.29, 0.717) is 13.1 Å². The molecule has 0 radical (unpaired) electrons. The van der Waals surface area contributed by atoms with E-state index in [9.17, 15) is 4.79 Å². The van der Waals surface area contributed by atoms with Gasteiger partial charge >= 0.3 is 0 Å². The molecule has 1 aromatic carbocycles. The van der Waals surface area contributed by atoms with Crippen LogP contribution in [0.15, 0.2) is 47.0 Å². The van der Waals surface area contributed by atoms with Crippen molar-refractivity contribution >= 4 is 21.8 Å². The van der Waals surface area contributed by atoms with Crippen LogP contribution in [0.5, 0.6) is 0 Å². The lowest BCUT2D eigenvalue weighted by Crippen LogP contribution is -2.25. The van der Waals surface area contributed by atoms with Gasteiger partial charge in [-0.3, -0.25) is 4.79 Å². The summed E-state index contributed by atoms with van der Waals surface area (Å²) < 4.78 is 1.02. The lowest BCUT2D eigenvalue weighted by atomic mass is 10.1. The number of unbranched alkanes of at least 4 members (excludes halogenated alkanes) is 1. The minimum atomic E-state index is 0.117. The van der Waals surface area contributed by atoms with Crippen LogP contribution in [-0.2, 0) is 6.54 Å². The molecule has 1 amide bonds. The second-order valence-corrected chi connectivity index (χ2v) is 5.65. The smallest absolute Gasteiger partial charge is 0.254 e. The lowest BCUT2D eigenvalue weighted by Gasteiger charge is -2.16. The van der Waals surface area contributed by atoms with Crippen LogP contribution in [0, 0.1) is 0 Å². The minimum absolute atomic E-state index is 0.117. The Morgan fingerprint density at radius 3 is 3.00 bits per heavy atom. The molecular formula is C16H18BrNO. The zero-order valence-corrected chi connectivity index (χ0v) is 12.7. The van der Waals surface area contributed by atoms with Gasteiger partial charge in [-0.25, -0.2) is 0 Å². The predicted molar refractivity (Wildman–Crippen MR) is 82.1 cm³/mol. The summed E-state index contributed by atoms with van der Waals surface area (Å²) in [6, 6.07) is 5.84. The maximum atomic E-state index is 12.3. The van der Waals surface area contributed by atoms with Crippen molar-refractivity contribution in [2.75, 3.05) is 6.54 Å². The Balaban J connectivity index is 2.13. The maximum absolute atomic E-state index is 12.3. The summed E-state index contributed by atoms with van der Waals surface area (Å²) in [4.78, 5) is 14.2. The highest BCUT2D eigenvalue weighted by atomic mass is 79.9. The topological polar surface area (TPSA) is 20.3 Å². The summed E-state index contributed by atoms with van der Waals surface area (Å²) in [5.41, 5.74) is 3.04. The molecule has 1 aromatic rings. The van der Waals surface area contributed by atoms with E-state index in [4.69, 9.17) is 0 Å². The van der Waals surface area contributed by atoms with Crippen molar-refractivity contribution in [3.8, 4) is 0 Å². The molecule has 1 aliphatic heterocycles. The highest BCUT2D eigenvalue weighted by Gasteiger charge is 2.27. The van der Waals surface area contributed by atoms with Crippen molar-refractivity contribution in [3.63, 3.8) is 0 Å². The largest absolute Gasteiger partial charge is 0.330 e. The van der Waals surface area contributed by atoms with E-state index in [-0.39, 0.29) is 5.91 Å². The van der Waals surface area contributed by atoms with Crippen LogP contribution in [0.3, 0.4) is 0 Å². The summed E-state index contributed by atoms with van der Waals surface area (Å²) >= 11 is 3.45. The van der Waals surface area contributed by atoms with Gasteiger partial charge in [0.25, 0.3) is 5.91 Å². The number of rotatable bonds is 5. The molecule has 0 spiro atoms. The highest BCUT2D eigenvalue weighted by Crippen LogP contribution is 2.26. The van der Waals surface area contributed by atoms with E-state index in [1.165, 1.54) is 0 Å². The Morgan fingerprint density at radius 2 is 2.32 bits per heavy atom. The van der Waals surface area contributed by atoms with Crippen molar-refractivity contribution in [2.45, 2.75) is 26.3 Å². The van der Waals surface area contributed by atoms with Gasteiger partial charge in [0.1, 0.15) is 0 Å². The summed E-state index contributed by atoms with van der Waals surface area (Å²) in [5, 5.41) is 0. The van der Waals surface area contributed by atoms with E-state index in [1.807, 2.05) is 29.2 Å². The summed E-state index contributed by atoms with van der Waals surface area (Å²) in [6.45, 7) is 7.31. The van der Waals surface area contributed by atoms with Crippen LogP contribution in [0.1, 0.15) is 35.7 Å². The fourth-order valence-electron chi connectivity index (χ4n) is 2.24. The van der Waals surface area contributed by atoms with E-state index in [2.05, 4.69) is 35.5 Å². The lowest BCUT2D eigenvalue weighted by molar-refractivity contribution is 0.0793. The second-order valence-electron chi connectivity index (χ2n) is 4.73. The number of nitrogens with zero attached hydrogens (tertiary/aromatic N) is 1. The van der Waals surface area contributed by atoms with Gasteiger partial charge in [0.05, 0.1) is 0 Å². The number of amides is 1. The fourth-order valence-corrected chi connectivity index (χ4v) is 2.65. The Morgan fingerprint density at radius 1 is 1.53 bits per heavy atom. The first-order valence-electron chi connectivity index (χ1n) is 6.55. The molecule has 2 nitrogen and oxygen atoms in total. The van der Waals surface area contributed by atoms with Crippen LogP contribution in [-0.4, -0.2) is 17.4 Å². The van der Waals surface area contributed by atoms with E-state index in [0.717, 1.165) is 34.0 Å².